The highest BCUT2D eigenvalue weighted by Crippen LogP contribution is 2.43. The zero-order valence-corrected chi connectivity index (χ0v) is 36.6. The second-order valence-corrected chi connectivity index (χ2v) is 16.1. The SMILES string of the molecule is CCCc1nc(C)c(Cc2ccc(C(=O)OC)cc2)c(OCc2ccc3oc(-c4ccc(-c5nnnn5C(c5ccccc5)(c5ccccc5)c5ccccc5)cc4)c(Br)c3c2)n1. The van der Waals surface area contributed by atoms with Gasteiger partial charge in [0.2, 0.25) is 5.88 Å². The average molecular weight is 896 g/mol. The average Bonchev–Trinajstić information content (AvgIpc) is 3.95. The molecule has 0 radical (unpaired) electrons. The lowest BCUT2D eigenvalue weighted by Crippen LogP contribution is -2.39. The smallest absolute Gasteiger partial charge is 0.337 e. The minimum absolute atomic E-state index is 0.291. The number of esters is 1. The van der Waals surface area contributed by atoms with Gasteiger partial charge in [0.1, 0.15) is 29.3 Å². The summed E-state index contributed by atoms with van der Waals surface area (Å²) in [5.41, 5.74) is 8.93. The van der Waals surface area contributed by atoms with Gasteiger partial charge in [-0.3, -0.25) is 0 Å². The molecule has 0 aliphatic rings. The number of nitrogens with zero attached hydrogens (tertiary/aromatic N) is 6. The van der Waals surface area contributed by atoms with Gasteiger partial charge in [-0.25, -0.2) is 14.5 Å². The van der Waals surface area contributed by atoms with Gasteiger partial charge >= 0.3 is 5.97 Å². The Bertz CT molecular complexity index is 2910. The summed E-state index contributed by atoms with van der Waals surface area (Å²) in [5, 5.41) is 14.5. The normalized spacial score (nSPS) is 11.5. The molecule has 0 bridgehead atoms. The van der Waals surface area contributed by atoms with E-state index in [0.29, 0.717) is 36.1 Å². The predicted molar refractivity (Wildman–Crippen MR) is 246 cm³/mol. The maximum Gasteiger partial charge on any atom is 0.337 e. The van der Waals surface area contributed by atoms with Gasteiger partial charge in [-0.15, -0.1) is 5.10 Å². The summed E-state index contributed by atoms with van der Waals surface area (Å²) in [6, 6.07) is 52.7. The van der Waals surface area contributed by atoms with E-state index < -0.39 is 5.54 Å². The maximum atomic E-state index is 12.0. The molecular weight excluding hydrogens is 853 g/mol. The minimum atomic E-state index is -0.866. The Hall–Kier alpha value is -7.24. The quantitative estimate of drug-likeness (QED) is 0.0776. The Balaban J connectivity index is 1.01. The van der Waals surface area contributed by atoms with Gasteiger partial charge < -0.3 is 13.9 Å². The van der Waals surface area contributed by atoms with Crippen molar-refractivity contribution in [1.82, 2.24) is 30.2 Å². The van der Waals surface area contributed by atoms with E-state index >= 15 is 0 Å². The predicted octanol–water partition coefficient (Wildman–Crippen LogP) is 11.4. The van der Waals surface area contributed by atoms with Crippen molar-refractivity contribution in [3.8, 4) is 28.6 Å². The molecule has 0 aliphatic heterocycles. The van der Waals surface area contributed by atoms with Crippen LogP contribution in [0, 0.1) is 6.92 Å². The molecule has 6 aromatic carbocycles. The van der Waals surface area contributed by atoms with Crippen molar-refractivity contribution in [2.24, 2.45) is 0 Å². The second-order valence-electron chi connectivity index (χ2n) is 15.3. The Kier molecular flexibility index (Phi) is 11.8. The van der Waals surface area contributed by atoms with E-state index in [-0.39, 0.29) is 5.97 Å². The number of carbonyl (C=O) groups is 1. The number of furan rings is 1. The monoisotopic (exact) mass is 894 g/mol. The molecule has 9 aromatic rings. The summed E-state index contributed by atoms with van der Waals surface area (Å²) in [5.74, 6) is 2.25. The number of halogens is 1. The van der Waals surface area contributed by atoms with Crippen LogP contribution in [-0.2, 0) is 29.7 Å². The summed E-state index contributed by atoms with van der Waals surface area (Å²) in [6.07, 6.45) is 2.21. The standard InChI is InChI=1S/C52H43BrN6O4/c1-4-14-46-54-34(2)43(31-35-21-24-39(25-22-35)51(60)61-3)50(55-46)62-33-36-23-30-45-44(32-36)47(53)48(63-45)37-26-28-38(29-27-37)49-56-57-58-59(49)52(40-15-8-5-9-16-40,41-17-10-6-11-18-41)42-19-12-7-13-20-42/h5-13,15-30,32H,4,14,31,33H2,1-3H3. The first kappa shape index (κ1) is 41.1. The number of benzene rings is 6. The molecule has 63 heavy (non-hydrogen) atoms. The van der Waals surface area contributed by atoms with Crippen molar-refractivity contribution in [3.05, 3.63) is 213 Å². The van der Waals surface area contributed by atoms with Crippen LogP contribution < -0.4 is 4.74 Å². The fourth-order valence-corrected chi connectivity index (χ4v) is 8.79. The highest BCUT2D eigenvalue weighted by molar-refractivity contribution is 9.10. The van der Waals surface area contributed by atoms with Crippen LogP contribution in [0.3, 0.4) is 0 Å². The molecule has 0 saturated heterocycles. The molecule has 3 aromatic heterocycles. The van der Waals surface area contributed by atoms with Gasteiger partial charge in [0, 0.05) is 40.6 Å². The largest absolute Gasteiger partial charge is 0.472 e. The van der Waals surface area contributed by atoms with Crippen molar-refractivity contribution in [3.63, 3.8) is 0 Å². The van der Waals surface area contributed by atoms with Crippen molar-refractivity contribution in [2.75, 3.05) is 7.11 Å². The van der Waals surface area contributed by atoms with Crippen LogP contribution in [0.4, 0.5) is 0 Å². The summed E-state index contributed by atoms with van der Waals surface area (Å²) in [6.45, 7) is 4.39. The first-order valence-electron chi connectivity index (χ1n) is 20.8. The van der Waals surface area contributed by atoms with Crippen LogP contribution in [0.1, 0.15) is 68.6 Å². The first-order chi connectivity index (χ1) is 30.9. The van der Waals surface area contributed by atoms with Crippen LogP contribution in [0.25, 0.3) is 33.7 Å². The summed E-state index contributed by atoms with van der Waals surface area (Å²) >= 11 is 3.87. The number of ether oxygens (including phenoxy) is 2. The lowest BCUT2D eigenvalue weighted by molar-refractivity contribution is 0.0600. The molecule has 3 heterocycles. The lowest BCUT2D eigenvalue weighted by atomic mass is 9.77. The van der Waals surface area contributed by atoms with E-state index in [9.17, 15) is 4.79 Å². The van der Waals surface area contributed by atoms with Gasteiger partial charge in [-0.2, -0.15) is 4.98 Å². The Morgan fingerprint density at radius 3 is 1.95 bits per heavy atom. The van der Waals surface area contributed by atoms with E-state index in [0.717, 1.165) is 84.3 Å². The Morgan fingerprint density at radius 2 is 1.35 bits per heavy atom. The third kappa shape index (κ3) is 8.03. The minimum Gasteiger partial charge on any atom is -0.472 e. The van der Waals surface area contributed by atoms with Crippen LogP contribution in [0.2, 0.25) is 0 Å². The summed E-state index contributed by atoms with van der Waals surface area (Å²) in [7, 11) is 1.38. The number of carbonyl (C=O) groups excluding carboxylic acids is 1. The summed E-state index contributed by atoms with van der Waals surface area (Å²) < 4.78 is 20.6. The molecule has 0 aliphatic carbocycles. The fraction of sp³-hybridized carbons (Fsp3) is 0.154. The van der Waals surface area contributed by atoms with Crippen LogP contribution in [0.15, 0.2) is 167 Å². The number of fused-ring (bicyclic) bond motifs is 1. The highest BCUT2D eigenvalue weighted by Gasteiger charge is 2.41. The zero-order valence-electron chi connectivity index (χ0n) is 35.0. The molecule has 0 unspecified atom stereocenters. The number of rotatable bonds is 14. The number of aryl methyl sites for hydroxylation is 2. The molecule has 0 N–H and O–H groups in total. The van der Waals surface area contributed by atoms with Crippen LogP contribution >= 0.6 is 15.9 Å². The van der Waals surface area contributed by atoms with Gasteiger partial charge in [0.25, 0.3) is 0 Å². The topological polar surface area (TPSA) is 118 Å². The van der Waals surface area contributed by atoms with E-state index in [4.69, 9.17) is 29.1 Å². The van der Waals surface area contributed by atoms with Crippen molar-refractivity contribution >= 4 is 32.9 Å². The molecule has 9 rings (SSSR count). The molecule has 0 atom stereocenters. The number of tetrazole rings is 1. The first-order valence-corrected chi connectivity index (χ1v) is 21.6. The number of aromatic nitrogens is 6. The van der Waals surface area contributed by atoms with Crippen molar-refractivity contribution < 1.29 is 18.7 Å². The van der Waals surface area contributed by atoms with E-state index in [2.05, 4.69) is 75.6 Å². The molecule has 0 spiro atoms. The molecule has 0 amide bonds. The Labute approximate surface area is 373 Å². The fourth-order valence-electron chi connectivity index (χ4n) is 8.17. The molecule has 10 nitrogen and oxygen atoms in total. The molecule has 312 valence electrons. The van der Waals surface area contributed by atoms with E-state index in [1.807, 2.05) is 115 Å². The second kappa shape index (κ2) is 18.0. The summed E-state index contributed by atoms with van der Waals surface area (Å²) in [4.78, 5) is 21.7. The van der Waals surface area contributed by atoms with E-state index in [1.54, 1.807) is 12.1 Å². The maximum absolute atomic E-state index is 12.0. The number of methoxy groups -OCH3 is 1. The van der Waals surface area contributed by atoms with Crippen LogP contribution in [0.5, 0.6) is 5.88 Å². The molecule has 11 heteroatoms. The van der Waals surface area contributed by atoms with E-state index in [1.165, 1.54) is 7.11 Å². The third-order valence-electron chi connectivity index (χ3n) is 11.3. The van der Waals surface area contributed by atoms with Crippen LogP contribution in [-0.4, -0.2) is 43.3 Å². The number of hydrogen-bond acceptors (Lipinski definition) is 9. The molecule has 0 fully saturated rings. The molecular formula is C52H43BrN6O4. The van der Waals surface area contributed by atoms with Gasteiger partial charge in [-0.1, -0.05) is 140 Å². The number of hydrogen-bond donors (Lipinski definition) is 0. The van der Waals surface area contributed by atoms with Gasteiger partial charge in [-0.05, 0) is 91.8 Å². The van der Waals surface area contributed by atoms with Crippen molar-refractivity contribution in [1.29, 1.82) is 0 Å². The highest BCUT2D eigenvalue weighted by atomic mass is 79.9. The molecule has 0 saturated carbocycles. The lowest BCUT2D eigenvalue weighted by Gasteiger charge is -2.36. The third-order valence-corrected chi connectivity index (χ3v) is 12.1. The zero-order chi connectivity index (χ0) is 43.3. The van der Waals surface area contributed by atoms with Crippen molar-refractivity contribution in [2.45, 2.75) is 45.3 Å². The Morgan fingerprint density at radius 1 is 0.746 bits per heavy atom. The van der Waals surface area contributed by atoms with Gasteiger partial charge in [0.15, 0.2) is 5.82 Å². The van der Waals surface area contributed by atoms with Gasteiger partial charge in [0.05, 0.1) is 17.1 Å².